The van der Waals surface area contributed by atoms with Crippen molar-refractivity contribution < 1.29 is 23.4 Å². The standard InChI is InChI=1S/C13H11F2N3O3/c1-18-11(16-7-17-18)6-21-13-9(14)4-8(5-10(13)15)2-3-12(19)20/h2-5,7H,6H2,1H3,(H,19,20). The number of rotatable bonds is 5. The van der Waals surface area contributed by atoms with Gasteiger partial charge in [-0.25, -0.2) is 18.6 Å². The zero-order valence-electron chi connectivity index (χ0n) is 11.0. The van der Waals surface area contributed by atoms with Gasteiger partial charge in [0.05, 0.1) is 0 Å². The number of hydrogen-bond acceptors (Lipinski definition) is 4. The molecule has 0 radical (unpaired) electrons. The van der Waals surface area contributed by atoms with Crippen molar-refractivity contribution in [2.75, 3.05) is 0 Å². The van der Waals surface area contributed by atoms with Gasteiger partial charge >= 0.3 is 5.97 Å². The Morgan fingerprint density at radius 2 is 2.10 bits per heavy atom. The number of aromatic nitrogens is 3. The molecule has 2 rings (SSSR count). The zero-order chi connectivity index (χ0) is 15.4. The fourth-order valence-corrected chi connectivity index (χ4v) is 1.57. The molecule has 0 aliphatic rings. The second-order valence-corrected chi connectivity index (χ2v) is 4.07. The van der Waals surface area contributed by atoms with Crippen LogP contribution in [0.25, 0.3) is 6.08 Å². The van der Waals surface area contributed by atoms with Crippen molar-refractivity contribution in [2.45, 2.75) is 6.61 Å². The Morgan fingerprint density at radius 1 is 1.43 bits per heavy atom. The number of aliphatic carboxylic acids is 1. The summed E-state index contributed by atoms with van der Waals surface area (Å²) in [4.78, 5) is 14.2. The van der Waals surface area contributed by atoms with E-state index in [0.717, 1.165) is 24.3 Å². The van der Waals surface area contributed by atoms with Crippen LogP contribution in [0, 0.1) is 11.6 Å². The fourth-order valence-electron chi connectivity index (χ4n) is 1.57. The van der Waals surface area contributed by atoms with Gasteiger partial charge in [0.1, 0.15) is 12.9 Å². The SMILES string of the molecule is Cn1ncnc1COc1c(F)cc(C=CC(=O)O)cc1F. The molecule has 8 heteroatoms. The first-order valence-corrected chi connectivity index (χ1v) is 5.83. The largest absolute Gasteiger partial charge is 0.479 e. The Labute approximate surface area is 118 Å². The fraction of sp³-hybridized carbons (Fsp3) is 0.154. The number of carbonyl (C=O) groups is 1. The van der Waals surface area contributed by atoms with Crippen molar-refractivity contribution in [2.24, 2.45) is 7.05 Å². The number of nitrogens with zero attached hydrogens (tertiary/aromatic N) is 3. The highest BCUT2D eigenvalue weighted by Crippen LogP contribution is 2.24. The number of halogens is 2. The summed E-state index contributed by atoms with van der Waals surface area (Å²) in [7, 11) is 1.62. The van der Waals surface area contributed by atoms with Gasteiger partial charge in [-0.05, 0) is 23.8 Å². The molecular formula is C13H11F2N3O3. The van der Waals surface area contributed by atoms with E-state index in [1.54, 1.807) is 7.05 Å². The van der Waals surface area contributed by atoms with E-state index in [0.29, 0.717) is 5.82 Å². The summed E-state index contributed by atoms with van der Waals surface area (Å²) in [5.41, 5.74) is 0.0819. The molecule has 0 fully saturated rings. The predicted molar refractivity (Wildman–Crippen MR) is 68.4 cm³/mol. The third-order valence-electron chi connectivity index (χ3n) is 2.59. The lowest BCUT2D eigenvalue weighted by Crippen LogP contribution is -2.06. The van der Waals surface area contributed by atoms with Crippen molar-refractivity contribution in [3.05, 3.63) is 47.6 Å². The highest BCUT2D eigenvalue weighted by atomic mass is 19.1. The van der Waals surface area contributed by atoms with E-state index in [9.17, 15) is 13.6 Å². The van der Waals surface area contributed by atoms with Crippen LogP contribution < -0.4 is 4.74 Å². The molecule has 1 aromatic heterocycles. The summed E-state index contributed by atoms with van der Waals surface area (Å²) in [6, 6.07) is 1.96. The van der Waals surface area contributed by atoms with Crippen LogP contribution in [0.4, 0.5) is 8.78 Å². The van der Waals surface area contributed by atoms with Gasteiger partial charge < -0.3 is 9.84 Å². The minimum atomic E-state index is -1.21. The molecule has 1 heterocycles. The Balaban J connectivity index is 2.17. The topological polar surface area (TPSA) is 77.2 Å². The molecule has 0 aliphatic carbocycles. The Kier molecular flexibility index (Phi) is 4.27. The van der Waals surface area contributed by atoms with Crippen molar-refractivity contribution >= 4 is 12.0 Å². The maximum atomic E-state index is 13.8. The minimum Gasteiger partial charge on any atom is -0.479 e. The quantitative estimate of drug-likeness (QED) is 0.851. The van der Waals surface area contributed by atoms with Crippen LogP contribution in [-0.2, 0) is 18.4 Å². The van der Waals surface area contributed by atoms with E-state index in [4.69, 9.17) is 9.84 Å². The predicted octanol–water partition coefficient (Wildman–Crippen LogP) is 1.77. The number of benzene rings is 1. The monoisotopic (exact) mass is 295 g/mol. The highest BCUT2D eigenvalue weighted by Gasteiger charge is 2.13. The van der Waals surface area contributed by atoms with Gasteiger partial charge in [-0.15, -0.1) is 0 Å². The smallest absolute Gasteiger partial charge is 0.328 e. The van der Waals surface area contributed by atoms with Gasteiger partial charge in [-0.2, -0.15) is 5.10 Å². The lowest BCUT2D eigenvalue weighted by atomic mass is 10.2. The van der Waals surface area contributed by atoms with E-state index in [-0.39, 0.29) is 12.2 Å². The molecule has 110 valence electrons. The van der Waals surface area contributed by atoms with Crippen LogP contribution in [0.15, 0.2) is 24.5 Å². The molecule has 1 aromatic carbocycles. The summed E-state index contributed by atoms with van der Waals surface area (Å²) in [6.07, 6.45) is 3.17. The van der Waals surface area contributed by atoms with Crippen molar-refractivity contribution in [3.8, 4) is 5.75 Å². The molecule has 0 aliphatic heterocycles. The molecule has 21 heavy (non-hydrogen) atoms. The van der Waals surface area contributed by atoms with Gasteiger partial charge in [0.25, 0.3) is 0 Å². The van der Waals surface area contributed by atoms with E-state index < -0.39 is 23.4 Å². The Morgan fingerprint density at radius 3 is 2.62 bits per heavy atom. The van der Waals surface area contributed by atoms with Gasteiger partial charge in [-0.3, -0.25) is 4.68 Å². The van der Waals surface area contributed by atoms with Crippen LogP contribution >= 0.6 is 0 Å². The number of hydrogen-bond donors (Lipinski definition) is 1. The van der Waals surface area contributed by atoms with E-state index >= 15 is 0 Å². The molecule has 1 N–H and O–H groups in total. The number of ether oxygens (including phenoxy) is 1. The average molecular weight is 295 g/mol. The van der Waals surface area contributed by atoms with Crippen molar-refractivity contribution in [1.82, 2.24) is 14.8 Å². The summed E-state index contributed by atoms with van der Waals surface area (Å²) in [5, 5.41) is 12.3. The summed E-state index contributed by atoms with van der Waals surface area (Å²) in [6.45, 7) is -0.144. The van der Waals surface area contributed by atoms with Gasteiger partial charge in [0.15, 0.2) is 23.2 Å². The molecule has 0 atom stereocenters. The first kappa shape index (κ1) is 14.6. The van der Waals surface area contributed by atoms with Crippen LogP contribution in [0.2, 0.25) is 0 Å². The number of carboxylic acid groups (broad SMARTS) is 1. The summed E-state index contributed by atoms with van der Waals surface area (Å²) in [5.74, 6) is -3.21. The van der Waals surface area contributed by atoms with Crippen LogP contribution in [0.1, 0.15) is 11.4 Å². The van der Waals surface area contributed by atoms with Gasteiger partial charge in [-0.1, -0.05) is 0 Å². The molecule has 0 bridgehead atoms. The molecule has 2 aromatic rings. The highest BCUT2D eigenvalue weighted by molar-refractivity contribution is 5.85. The zero-order valence-corrected chi connectivity index (χ0v) is 11.0. The minimum absolute atomic E-state index is 0.0819. The first-order valence-electron chi connectivity index (χ1n) is 5.83. The molecule has 0 unspecified atom stereocenters. The second-order valence-electron chi connectivity index (χ2n) is 4.07. The van der Waals surface area contributed by atoms with Crippen molar-refractivity contribution in [3.63, 3.8) is 0 Å². The number of carboxylic acids is 1. The lowest BCUT2D eigenvalue weighted by Gasteiger charge is -2.08. The van der Waals surface area contributed by atoms with Crippen LogP contribution in [0.5, 0.6) is 5.75 Å². The van der Waals surface area contributed by atoms with Crippen LogP contribution in [0.3, 0.4) is 0 Å². The van der Waals surface area contributed by atoms with Crippen LogP contribution in [-0.4, -0.2) is 25.8 Å². The van der Waals surface area contributed by atoms with Gasteiger partial charge in [0.2, 0.25) is 0 Å². The van der Waals surface area contributed by atoms with E-state index in [1.165, 1.54) is 11.0 Å². The van der Waals surface area contributed by atoms with E-state index in [2.05, 4.69) is 10.1 Å². The molecule has 6 nitrogen and oxygen atoms in total. The Bertz CT molecular complexity index is 675. The maximum Gasteiger partial charge on any atom is 0.328 e. The normalized spacial score (nSPS) is 11.0. The second kappa shape index (κ2) is 6.12. The molecule has 0 spiro atoms. The third-order valence-corrected chi connectivity index (χ3v) is 2.59. The molecule has 0 amide bonds. The van der Waals surface area contributed by atoms with Crippen molar-refractivity contribution in [1.29, 1.82) is 0 Å². The first-order chi connectivity index (χ1) is 9.97. The van der Waals surface area contributed by atoms with Gasteiger partial charge in [0, 0.05) is 13.1 Å². The lowest BCUT2D eigenvalue weighted by molar-refractivity contribution is -0.131. The number of aryl methyl sites for hydroxylation is 1. The summed E-state index contributed by atoms with van der Waals surface area (Å²) < 4.78 is 34.0. The molecule has 0 saturated heterocycles. The van der Waals surface area contributed by atoms with E-state index in [1.807, 2.05) is 0 Å². The summed E-state index contributed by atoms with van der Waals surface area (Å²) >= 11 is 0. The average Bonchev–Trinajstić information content (AvgIpc) is 2.81. The Hall–Kier alpha value is -2.77. The molecular weight excluding hydrogens is 284 g/mol. The third kappa shape index (κ3) is 3.62. The maximum absolute atomic E-state index is 13.8. The molecule has 0 saturated carbocycles.